The van der Waals surface area contributed by atoms with Gasteiger partial charge in [0.1, 0.15) is 5.82 Å². The van der Waals surface area contributed by atoms with Crippen LogP contribution in [0.1, 0.15) is 41.3 Å². The molecular formula is C21H22ClF3N4O2. The molecule has 2 aromatic rings. The van der Waals surface area contributed by atoms with Crippen molar-refractivity contribution in [3.8, 4) is 0 Å². The molecule has 10 heteroatoms. The molecule has 0 spiro atoms. The SMILES string of the molecule is CC(=N)c1c(NCC2CCOCC2)ncc(C(=O)Nc2ccc(C(F)(F)F)cc2)c1Cl. The second-order valence-electron chi connectivity index (χ2n) is 7.30. The van der Waals surface area contributed by atoms with Crippen LogP contribution in [-0.4, -0.2) is 36.4 Å². The number of halogens is 4. The number of hydrogen-bond donors (Lipinski definition) is 3. The fourth-order valence-electron chi connectivity index (χ4n) is 3.26. The van der Waals surface area contributed by atoms with Crippen LogP contribution < -0.4 is 10.6 Å². The molecule has 3 rings (SSSR count). The number of hydrogen-bond acceptors (Lipinski definition) is 5. The van der Waals surface area contributed by atoms with Crippen LogP contribution in [0.5, 0.6) is 0 Å². The van der Waals surface area contributed by atoms with E-state index in [4.69, 9.17) is 21.7 Å². The standard InChI is InChI=1S/C21H22ClF3N4O2/c1-12(26)17-18(22)16(11-28-19(17)27-10-13-6-8-31-9-7-13)20(30)29-15-4-2-14(3-5-15)21(23,24)25/h2-5,11,13,26H,6-10H2,1H3,(H,27,28)(H,29,30). The molecule has 3 N–H and O–H groups in total. The maximum atomic E-state index is 12.7. The van der Waals surface area contributed by atoms with Crippen LogP contribution >= 0.6 is 11.6 Å². The largest absolute Gasteiger partial charge is 0.416 e. The first-order valence-electron chi connectivity index (χ1n) is 9.71. The molecule has 166 valence electrons. The molecule has 31 heavy (non-hydrogen) atoms. The number of rotatable bonds is 6. The van der Waals surface area contributed by atoms with Gasteiger partial charge < -0.3 is 20.8 Å². The van der Waals surface area contributed by atoms with Crippen molar-refractivity contribution in [1.29, 1.82) is 5.41 Å². The van der Waals surface area contributed by atoms with E-state index in [0.717, 1.165) is 37.1 Å². The number of carbonyl (C=O) groups is 1. The number of alkyl halides is 3. The summed E-state index contributed by atoms with van der Waals surface area (Å²) in [6, 6.07) is 4.08. The summed E-state index contributed by atoms with van der Waals surface area (Å²) >= 11 is 6.43. The van der Waals surface area contributed by atoms with Gasteiger partial charge in [0, 0.05) is 37.4 Å². The highest BCUT2D eigenvalue weighted by atomic mass is 35.5. The Morgan fingerprint density at radius 2 is 1.90 bits per heavy atom. The minimum Gasteiger partial charge on any atom is -0.381 e. The number of anilines is 2. The zero-order valence-electron chi connectivity index (χ0n) is 16.8. The molecular weight excluding hydrogens is 433 g/mol. The second kappa shape index (κ2) is 9.65. The van der Waals surface area contributed by atoms with E-state index in [9.17, 15) is 18.0 Å². The van der Waals surface area contributed by atoms with Gasteiger partial charge in [0.05, 0.1) is 21.7 Å². The average molecular weight is 455 g/mol. The summed E-state index contributed by atoms with van der Waals surface area (Å²) in [6.45, 7) is 3.60. The zero-order chi connectivity index (χ0) is 22.6. The number of amides is 1. The minimum atomic E-state index is -4.46. The number of nitrogens with one attached hydrogen (secondary N) is 3. The van der Waals surface area contributed by atoms with Gasteiger partial charge in [-0.25, -0.2) is 4.98 Å². The van der Waals surface area contributed by atoms with E-state index >= 15 is 0 Å². The first kappa shape index (κ1) is 23.0. The molecule has 1 fully saturated rings. The van der Waals surface area contributed by atoms with Crippen molar-refractivity contribution in [2.24, 2.45) is 5.92 Å². The van der Waals surface area contributed by atoms with E-state index in [0.29, 0.717) is 37.1 Å². The van der Waals surface area contributed by atoms with Crippen molar-refractivity contribution < 1.29 is 22.7 Å². The fourth-order valence-corrected chi connectivity index (χ4v) is 3.62. The highest BCUT2D eigenvalue weighted by molar-refractivity contribution is 6.38. The van der Waals surface area contributed by atoms with E-state index in [-0.39, 0.29) is 22.0 Å². The van der Waals surface area contributed by atoms with Gasteiger partial charge in [0.2, 0.25) is 0 Å². The van der Waals surface area contributed by atoms with Crippen LogP contribution in [0.2, 0.25) is 5.02 Å². The van der Waals surface area contributed by atoms with Crippen LogP contribution in [0.25, 0.3) is 0 Å². The quantitative estimate of drug-likeness (QED) is 0.521. The summed E-state index contributed by atoms with van der Waals surface area (Å²) < 4.78 is 43.4. The topological polar surface area (TPSA) is 87.1 Å². The van der Waals surface area contributed by atoms with Gasteiger partial charge in [-0.15, -0.1) is 0 Å². The van der Waals surface area contributed by atoms with Crippen molar-refractivity contribution in [1.82, 2.24) is 4.98 Å². The van der Waals surface area contributed by atoms with Crippen molar-refractivity contribution >= 4 is 34.7 Å². The third-order valence-corrected chi connectivity index (χ3v) is 5.40. The van der Waals surface area contributed by atoms with Crippen LogP contribution in [-0.2, 0) is 10.9 Å². The van der Waals surface area contributed by atoms with Crippen LogP contribution in [0.15, 0.2) is 30.5 Å². The monoisotopic (exact) mass is 454 g/mol. The lowest BCUT2D eigenvalue weighted by molar-refractivity contribution is -0.137. The predicted octanol–water partition coefficient (Wildman–Crippen LogP) is 5.23. The highest BCUT2D eigenvalue weighted by Gasteiger charge is 2.30. The van der Waals surface area contributed by atoms with Gasteiger partial charge >= 0.3 is 6.18 Å². The number of pyridine rings is 1. The highest BCUT2D eigenvalue weighted by Crippen LogP contribution is 2.31. The van der Waals surface area contributed by atoms with Crippen molar-refractivity contribution in [3.63, 3.8) is 0 Å². The molecule has 1 aliphatic heterocycles. The maximum Gasteiger partial charge on any atom is 0.416 e. The predicted molar refractivity (Wildman–Crippen MR) is 113 cm³/mol. The summed E-state index contributed by atoms with van der Waals surface area (Å²) in [4.78, 5) is 16.9. The molecule has 1 amide bonds. The van der Waals surface area contributed by atoms with E-state index < -0.39 is 17.6 Å². The summed E-state index contributed by atoms with van der Waals surface area (Å²) in [5.41, 5.74) is -0.152. The first-order valence-corrected chi connectivity index (χ1v) is 10.1. The molecule has 0 atom stereocenters. The normalized spacial score (nSPS) is 14.9. The Morgan fingerprint density at radius 1 is 1.26 bits per heavy atom. The number of aromatic nitrogens is 1. The van der Waals surface area contributed by atoms with E-state index in [1.807, 2.05) is 0 Å². The number of ether oxygens (including phenoxy) is 1. The second-order valence-corrected chi connectivity index (χ2v) is 7.68. The van der Waals surface area contributed by atoms with E-state index in [1.54, 1.807) is 6.92 Å². The molecule has 0 unspecified atom stereocenters. The Hall–Kier alpha value is -2.65. The zero-order valence-corrected chi connectivity index (χ0v) is 17.5. The summed E-state index contributed by atoms with van der Waals surface area (Å²) in [5, 5.41) is 13.8. The van der Waals surface area contributed by atoms with Crippen LogP contribution in [0, 0.1) is 11.3 Å². The van der Waals surface area contributed by atoms with Gasteiger partial charge in [-0.2, -0.15) is 13.2 Å². The molecule has 1 aromatic carbocycles. The Morgan fingerprint density at radius 3 is 2.48 bits per heavy atom. The lowest BCUT2D eigenvalue weighted by Gasteiger charge is -2.23. The third kappa shape index (κ3) is 5.74. The van der Waals surface area contributed by atoms with Crippen molar-refractivity contribution in [2.45, 2.75) is 25.9 Å². The maximum absolute atomic E-state index is 12.7. The Kier molecular flexibility index (Phi) is 7.17. The summed E-state index contributed by atoms with van der Waals surface area (Å²) in [7, 11) is 0. The van der Waals surface area contributed by atoms with Gasteiger partial charge in [-0.1, -0.05) is 11.6 Å². The minimum absolute atomic E-state index is 0.0276. The number of benzene rings is 1. The molecule has 1 aliphatic rings. The summed E-state index contributed by atoms with van der Waals surface area (Å²) in [5.74, 6) is 0.196. The smallest absolute Gasteiger partial charge is 0.381 e. The Labute approximate surface area is 182 Å². The number of nitrogens with zero attached hydrogens (tertiary/aromatic N) is 1. The van der Waals surface area contributed by atoms with Gasteiger partial charge in [0.25, 0.3) is 5.91 Å². The molecule has 0 radical (unpaired) electrons. The lowest BCUT2D eigenvalue weighted by Crippen LogP contribution is -2.24. The molecule has 0 saturated carbocycles. The molecule has 1 saturated heterocycles. The number of carbonyl (C=O) groups excluding carboxylic acids is 1. The fraction of sp³-hybridized carbons (Fsp3) is 0.381. The van der Waals surface area contributed by atoms with Crippen molar-refractivity contribution in [3.05, 3.63) is 52.2 Å². The molecule has 2 heterocycles. The Bertz CT molecular complexity index is 958. The van der Waals surface area contributed by atoms with E-state index in [1.165, 1.54) is 6.20 Å². The molecule has 0 bridgehead atoms. The lowest BCUT2D eigenvalue weighted by atomic mass is 10.0. The Balaban J connectivity index is 1.76. The van der Waals surface area contributed by atoms with Gasteiger partial charge in [-0.05, 0) is 49.9 Å². The average Bonchev–Trinajstić information content (AvgIpc) is 2.72. The van der Waals surface area contributed by atoms with E-state index in [2.05, 4.69) is 15.6 Å². The van der Waals surface area contributed by atoms with Crippen molar-refractivity contribution in [2.75, 3.05) is 30.4 Å². The molecule has 1 aromatic heterocycles. The van der Waals surface area contributed by atoms with Crippen LogP contribution in [0.4, 0.5) is 24.7 Å². The molecule has 6 nitrogen and oxygen atoms in total. The third-order valence-electron chi connectivity index (χ3n) is 5.00. The van der Waals surface area contributed by atoms with Gasteiger partial charge in [-0.3, -0.25) is 4.79 Å². The molecule has 0 aliphatic carbocycles. The summed E-state index contributed by atoms with van der Waals surface area (Å²) in [6.07, 6.45) is -1.32. The van der Waals surface area contributed by atoms with Gasteiger partial charge in [0.15, 0.2) is 0 Å². The first-order chi connectivity index (χ1) is 14.7. The van der Waals surface area contributed by atoms with Crippen LogP contribution in [0.3, 0.4) is 0 Å².